The first-order chi connectivity index (χ1) is 6.83. The summed E-state index contributed by atoms with van der Waals surface area (Å²) in [6.45, 7) is 0. The van der Waals surface area contributed by atoms with Gasteiger partial charge < -0.3 is 10.1 Å². The van der Waals surface area contributed by atoms with Crippen molar-refractivity contribution in [3.8, 4) is 0 Å². The number of hydrogen-bond acceptors (Lipinski definition) is 2. The first-order valence-corrected chi connectivity index (χ1v) is 4.99. The summed E-state index contributed by atoms with van der Waals surface area (Å²) < 4.78 is 0. The predicted octanol–water partition coefficient (Wildman–Crippen LogP) is 1.79. The van der Waals surface area contributed by atoms with Crippen molar-refractivity contribution in [2.75, 3.05) is 7.05 Å². The fourth-order valence-corrected chi connectivity index (χ4v) is 1.36. The molecule has 1 aromatic rings. The summed E-state index contributed by atoms with van der Waals surface area (Å²) in [6, 6.07) is 10.3. The summed E-state index contributed by atoms with van der Waals surface area (Å²) in [5.74, 6) is 0.0121. The Balaban J connectivity index is 2.17. The summed E-state index contributed by atoms with van der Waals surface area (Å²) in [6.07, 6.45) is 3.64. The maximum atomic E-state index is 10.9. The Kier molecular flexibility index (Phi) is 4.76. The second-order valence-corrected chi connectivity index (χ2v) is 3.31. The van der Waals surface area contributed by atoms with E-state index in [4.69, 9.17) is 0 Å². The Morgan fingerprint density at radius 3 is 2.57 bits per heavy atom. The number of rotatable bonds is 5. The van der Waals surface area contributed by atoms with E-state index in [0.29, 0.717) is 6.42 Å². The van der Waals surface area contributed by atoms with Gasteiger partial charge in [-0.2, -0.15) is 0 Å². The summed E-state index contributed by atoms with van der Waals surface area (Å²) in [5.41, 5.74) is 1.34. The molecule has 0 radical (unpaired) electrons. The molecule has 0 spiro atoms. The van der Waals surface area contributed by atoms with Crippen LogP contribution >= 0.6 is 0 Å². The number of aliphatic imine (C=N–C) groups is 1. The number of nitrogens with zero attached hydrogens (tertiary/aromatic N) is 1. The van der Waals surface area contributed by atoms with E-state index in [2.05, 4.69) is 17.1 Å². The van der Waals surface area contributed by atoms with E-state index in [9.17, 15) is 5.11 Å². The predicted molar refractivity (Wildman–Crippen MR) is 57.4 cm³/mol. The van der Waals surface area contributed by atoms with E-state index in [1.807, 2.05) is 18.2 Å². The van der Waals surface area contributed by atoms with E-state index in [0.717, 1.165) is 19.3 Å². The monoisotopic (exact) mass is 190 g/mol. The Hall–Kier alpha value is -1.31. The normalized spacial score (nSPS) is 11.6. The molecule has 0 amide bonds. The summed E-state index contributed by atoms with van der Waals surface area (Å²) in [7, 11) is 1.56. The fraction of sp³-hybridized carbons (Fsp3) is 0.417. The maximum absolute atomic E-state index is 10.9. The van der Waals surface area contributed by atoms with Gasteiger partial charge in [-0.3, -0.25) is 0 Å². The van der Waals surface area contributed by atoms with Crippen molar-refractivity contribution in [3.05, 3.63) is 35.9 Å². The molecule has 0 saturated carbocycles. The molecule has 0 N–H and O–H groups in total. The van der Waals surface area contributed by atoms with E-state index >= 15 is 0 Å². The minimum atomic E-state index is 0.0121. The summed E-state index contributed by atoms with van der Waals surface area (Å²) in [4.78, 5) is 3.59. The molecule has 2 nitrogen and oxygen atoms in total. The van der Waals surface area contributed by atoms with Gasteiger partial charge in [0.05, 0.1) is 0 Å². The zero-order valence-electron chi connectivity index (χ0n) is 8.57. The molecule has 0 bridgehead atoms. The Labute approximate surface area is 85.3 Å². The molecule has 14 heavy (non-hydrogen) atoms. The molecule has 0 aliphatic rings. The smallest absolute Gasteiger partial charge is 0.0265 e. The van der Waals surface area contributed by atoms with Gasteiger partial charge in [-0.1, -0.05) is 30.3 Å². The van der Waals surface area contributed by atoms with Crippen LogP contribution in [0.15, 0.2) is 35.3 Å². The lowest BCUT2D eigenvalue weighted by Crippen LogP contribution is -2.16. The minimum Gasteiger partial charge on any atom is -0.862 e. The van der Waals surface area contributed by atoms with E-state index in [1.54, 1.807) is 7.05 Å². The van der Waals surface area contributed by atoms with Crippen molar-refractivity contribution in [2.45, 2.75) is 25.7 Å². The minimum absolute atomic E-state index is 0.0121. The zero-order chi connectivity index (χ0) is 10.2. The molecule has 0 atom stereocenters. The highest BCUT2D eigenvalue weighted by atomic mass is 16.3. The molecule has 0 unspecified atom stereocenters. The molecular formula is C12H16NO-. The molecule has 0 heterocycles. The third-order valence-electron chi connectivity index (χ3n) is 2.20. The second-order valence-electron chi connectivity index (χ2n) is 3.31. The van der Waals surface area contributed by atoms with Crippen molar-refractivity contribution in [2.24, 2.45) is 4.99 Å². The number of unbranched alkanes of at least 4 members (excludes halogenated alkanes) is 1. The van der Waals surface area contributed by atoms with Crippen molar-refractivity contribution >= 4 is 5.90 Å². The van der Waals surface area contributed by atoms with Gasteiger partial charge in [0.2, 0.25) is 0 Å². The SMILES string of the molecule is CN=C([O-])CCCCc1ccccc1. The van der Waals surface area contributed by atoms with Crippen molar-refractivity contribution in [1.29, 1.82) is 0 Å². The quantitative estimate of drug-likeness (QED) is 0.396. The summed E-state index contributed by atoms with van der Waals surface area (Å²) >= 11 is 0. The first kappa shape index (κ1) is 10.8. The van der Waals surface area contributed by atoms with Crippen LogP contribution in [-0.2, 0) is 6.42 Å². The maximum Gasteiger partial charge on any atom is 0.0265 e. The highest BCUT2D eigenvalue weighted by molar-refractivity contribution is 5.70. The van der Waals surface area contributed by atoms with Crippen LogP contribution in [0, 0.1) is 0 Å². The second kappa shape index (κ2) is 6.19. The van der Waals surface area contributed by atoms with Gasteiger partial charge in [-0.05, 0) is 37.1 Å². The third-order valence-corrected chi connectivity index (χ3v) is 2.20. The van der Waals surface area contributed by atoms with Crippen LogP contribution in [0.3, 0.4) is 0 Å². The lowest BCUT2D eigenvalue weighted by Gasteiger charge is -2.08. The molecule has 1 aromatic carbocycles. The molecule has 1 rings (SSSR count). The van der Waals surface area contributed by atoms with Gasteiger partial charge in [0.15, 0.2) is 0 Å². The summed E-state index contributed by atoms with van der Waals surface area (Å²) in [5, 5.41) is 10.9. The van der Waals surface area contributed by atoms with Crippen LogP contribution in [-0.4, -0.2) is 12.9 Å². The van der Waals surface area contributed by atoms with Crippen molar-refractivity contribution in [1.82, 2.24) is 0 Å². The third kappa shape index (κ3) is 4.08. The number of benzene rings is 1. The zero-order valence-corrected chi connectivity index (χ0v) is 8.57. The fourth-order valence-electron chi connectivity index (χ4n) is 1.36. The van der Waals surface area contributed by atoms with Gasteiger partial charge in [0, 0.05) is 7.05 Å². The molecule has 0 saturated heterocycles. The van der Waals surface area contributed by atoms with Crippen LogP contribution < -0.4 is 5.11 Å². The number of aryl methyl sites for hydroxylation is 1. The lowest BCUT2D eigenvalue weighted by atomic mass is 10.1. The highest BCUT2D eigenvalue weighted by Gasteiger charge is 1.91. The van der Waals surface area contributed by atoms with Gasteiger partial charge >= 0.3 is 0 Å². The molecule has 0 fully saturated rings. The average Bonchev–Trinajstić information content (AvgIpc) is 2.25. The molecule has 0 aliphatic heterocycles. The van der Waals surface area contributed by atoms with Crippen molar-refractivity contribution < 1.29 is 5.11 Å². The lowest BCUT2D eigenvalue weighted by molar-refractivity contribution is -0.219. The molecule has 0 aromatic heterocycles. The average molecular weight is 190 g/mol. The first-order valence-electron chi connectivity index (χ1n) is 4.99. The highest BCUT2D eigenvalue weighted by Crippen LogP contribution is 2.05. The largest absolute Gasteiger partial charge is 0.862 e. The van der Waals surface area contributed by atoms with Crippen LogP contribution in [0.25, 0.3) is 0 Å². The van der Waals surface area contributed by atoms with E-state index < -0.39 is 0 Å². The standard InChI is InChI=1S/C12H17NO/c1-13-12(14)10-6-5-9-11-7-3-2-4-8-11/h2-4,7-8H,5-6,9-10H2,1H3,(H,13,14)/p-1. The Bertz CT molecular complexity index is 280. The molecule has 0 aliphatic carbocycles. The molecular weight excluding hydrogens is 174 g/mol. The van der Waals surface area contributed by atoms with Crippen LogP contribution in [0.4, 0.5) is 0 Å². The number of hydrogen-bond donors (Lipinski definition) is 0. The van der Waals surface area contributed by atoms with Crippen LogP contribution in [0.5, 0.6) is 0 Å². The van der Waals surface area contributed by atoms with E-state index in [1.165, 1.54) is 5.56 Å². The van der Waals surface area contributed by atoms with Gasteiger partial charge in [0.1, 0.15) is 0 Å². The molecule has 76 valence electrons. The topological polar surface area (TPSA) is 35.4 Å². The van der Waals surface area contributed by atoms with Crippen LogP contribution in [0.2, 0.25) is 0 Å². The molecule has 2 heteroatoms. The van der Waals surface area contributed by atoms with Gasteiger partial charge in [-0.15, -0.1) is 0 Å². The van der Waals surface area contributed by atoms with Crippen molar-refractivity contribution in [3.63, 3.8) is 0 Å². The Morgan fingerprint density at radius 1 is 1.21 bits per heavy atom. The Morgan fingerprint density at radius 2 is 1.93 bits per heavy atom. The van der Waals surface area contributed by atoms with Crippen LogP contribution in [0.1, 0.15) is 24.8 Å². The van der Waals surface area contributed by atoms with Gasteiger partial charge in [-0.25, -0.2) is 0 Å². The van der Waals surface area contributed by atoms with Gasteiger partial charge in [0.25, 0.3) is 0 Å². The van der Waals surface area contributed by atoms with E-state index in [-0.39, 0.29) is 5.90 Å².